The van der Waals surface area contributed by atoms with Gasteiger partial charge in [-0.15, -0.1) is 0 Å². The molecule has 2 nitrogen and oxygen atoms in total. The number of aromatic nitrogens is 2. The zero-order valence-electron chi connectivity index (χ0n) is 17.0. The normalized spacial score (nSPS) is 11.0. The molecule has 0 aliphatic heterocycles. The smallest absolute Gasteiger partial charge is 0.0959 e. The minimum Gasteiger partial charge on any atom is -0.260 e. The summed E-state index contributed by atoms with van der Waals surface area (Å²) in [7, 11) is 0. The van der Waals surface area contributed by atoms with Gasteiger partial charge in [0.15, 0.2) is 0 Å². The first-order chi connectivity index (χ1) is 13.5. The van der Waals surface area contributed by atoms with E-state index >= 15 is 0 Å². The second-order valence-corrected chi connectivity index (χ2v) is 7.70. The lowest BCUT2D eigenvalue weighted by Gasteiger charge is -2.10. The van der Waals surface area contributed by atoms with Gasteiger partial charge in [-0.2, -0.15) is 5.10 Å². The van der Waals surface area contributed by atoms with E-state index in [0.29, 0.717) is 0 Å². The number of rotatable bonds is 4. The topological polar surface area (TPSA) is 17.8 Å². The molecule has 140 valence electrons. The summed E-state index contributed by atoms with van der Waals surface area (Å²) in [6.07, 6.45) is 0. The average Bonchev–Trinajstić information content (AvgIpc) is 2.99. The molecule has 0 amide bonds. The van der Waals surface area contributed by atoms with Crippen LogP contribution >= 0.6 is 0 Å². The molecule has 1 aromatic heterocycles. The van der Waals surface area contributed by atoms with E-state index in [4.69, 9.17) is 5.10 Å². The fourth-order valence-electron chi connectivity index (χ4n) is 3.71. The van der Waals surface area contributed by atoms with E-state index in [2.05, 4.69) is 105 Å². The Labute approximate surface area is 167 Å². The summed E-state index contributed by atoms with van der Waals surface area (Å²) in [5.41, 5.74) is 10.9. The van der Waals surface area contributed by atoms with Crippen molar-refractivity contribution in [1.82, 2.24) is 9.78 Å². The molecular weight excluding hydrogens is 340 g/mol. The molecule has 0 saturated carbocycles. The highest BCUT2D eigenvalue weighted by Gasteiger charge is 2.17. The van der Waals surface area contributed by atoms with E-state index in [1.165, 1.54) is 44.6 Å². The van der Waals surface area contributed by atoms with Gasteiger partial charge in [-0.3, -0.25) is 4.68 Å². The molecule has 0 atom stereocenters. The minimum atomic E-state index is 0.761. The summed E-state index contributed by atoms with van der Waals surface area (Å²) in [6.45, 7) is 9.32. The van der Waals surface area contributed by atoms with Crippen LogP contribution in [0, 0.1) is 27.7 Å². The van der Waals surface area contributed by atoms with Crippen molar-refractivity contribution in [3.05, 3.63) is 101 Å². The number of benzene rings is 3. The van der Waals surface area contributed by atoms with Crippen LogP contribution in [-0.4, -0.2) is 9.78 Å². The molecule has 1 heterocycles. The Kier molecular flexibility index (Phi) is 4.87. The van der Waals surface area contributed by atoms with Gasteiger partial charge in [-0.1, -0.05) is 89.5 Å². The fraction of sp³-hybridized carbons (Fsp3) is 0.192. The molecule has 2 heteroatoms. The largest absolute Gasteiger partial charge is 0.260 e. The van der Waals surface area contributed by atoms with Crippen LogP contribution in [0.25, 0.3) is 22.5 Å². The highest BCUT2D eigenvalue weighted by molar-refractivity contribution is 5.74. The van der Waals surface area contributed by atoms with Crippen LogP contribution in [0.3, 0.4) is 0 Å². The van der Waals surface area contributed by atoms with Gasteiger partial charge in [0, 0.05) is 16.7 Å². The summed E-state index contributed by atoms with van der Waals surface area (Å²) in [6, 6.07) is 26.0. The molecule has 28 heavy (non-hydrogen) atoms. The molecule has 3 aromatic carbocycles. The van der Waals surface area contributed by atoms with E-state index in [9.17, 15) is 0 Å². The Morgan fingerprint density at radius 2 is 1.29 bits per heavy atom. The second-order valence-electron chi connectivity index (χ2n) is 7.70. The van der Waals surface area contributed by atoms with Crippen molar-refractivity contribution in [2.45, 2.75) is 34.2 Å². The molecule has 0 bridgehead atoms. The summed E-state index contributed by atoms with van der Waals surface area (Å²) >= 11 is 0. The highest BCUT2D eigenvalue weighted by Crippen LogP contribution is 2.32. The van der Waals surface area contributed by atoms with Crippen LogP contribution in [-0.2, 0) is 6.54 Å². The van der Waals surface area contributed by atoms with Crippen LogP contribution in [0.5, 0.6) is 0 Å². The van der Waals surface area contributed by atoms with Crippen molar-refractivity contribution in [1.29, 1.82) is 0 Å². The standard InChI is InChI=1S/C26H26N2/c1-18-8-12-23(13-9-18)25-21(4)26(24-14-10-19(2)11-15-24)28(27-25)17-22-7-5-6-20(3)16-22/h5-16H,17H2,1-4H3. The van der Waals surface area contributed by atoms with Crippen LogP contribution < -0.4 is 0 Å². The number of hydrogen-bond acceptors (Lipinski definition) is 1. The summed E-state index contributed by atoms with van der Waals surface area (Å²) in [5.74, 6) is 0. The third kappa shape index (κ3) is 3.63. The third-order valence-corrected chi connectivity index (χ3v) is 5.25. The maximum Gasteiger partial charge on any atom is 0.0959 e. The first-order valence-corrected chi connectivity index (χ1v) is 9.78. The average molecular weight is 367 g/mol. The quantitative estimate of drug-likeness (QED) is 0.403. The van der Waals surface area contributed by atoms with Gasteiger partial charge in [0.2, 0.25) is 0 Å². The van der Waals surface area contributed by atoms with Gasteiger partial charge in [0.05, 0.1) is 17.9 Å². The van der Waals surface area contributed by atoms with Gasteiger partial charge in [-0.05, 0) is 33.3 Å². The fourth-order valence-corrected chi connectivity index (χ4v) is 3.71. The summed E-state index contributed by atoms with van der Waals surface area (Å²) in [4.78, 5) is 0. The first kappa shape index (κ1) is 18.2. The van der Waals surface area contributed by atoms with E-state index in [0.717, 1.165) is 12.2 Å². The van der Waals surface area contributed by atoms with E-state index < -0.39 is 0 Å². The zero-order chi connectivity index (χ0) is 19.7. The predicted octanol–water partition coefficient (Wildman–Crippen LogP) is 6.50. The molecule has 0 aliphatic carbocycles. The van der Waals surface area contributed by atoms with E-state index in [1.54, 1.807) is 0 Å². The Balaban J connectivity index is 1.86. The Morgan fingerprint density at radius 1 is 0.679 bits per heavy atom. The molecule has 4 aromatic rings. The molecular formula is C26H26N2. The van der Waals surface area contributed by atoms with Gasteiger partial charge in [0.25, 0.3) is 0 Å². The zero-order valence-corrected chi connectivity index (χ0v) is 17.0. The Hall–Kier alpha value is -3.13. The maximum atomic E-state index is 5.05. The van der Waals surface area contributed by atoms with Crippen molar-refractivity contribution in [3.8, 4) is 22.5 Å². The Bertz CT molecular complexity index is 1100. The lowest BCUT2D eigenvalue weighted by atomic mass is 10.0. The van der Waals surface area contributed by atoms with Crippen molar-refractivity contribution < 1.29 is 0 Å². The number of nitrogens with zero attached hydrogens (tertiary/aromatic N) is 2. The van der Waals surface area contributed by atoms with Crippen LogP contribution in [0.15, 0.2) is 72.8 Å². The first-order valence-electron chi connectivity index (χ1n) is 9.78. The monoisotopic (exact) mass is 366 g/mol. The Morgan fingerprint density at radius 3 is 1.89 bits per heavy atom. The van der Waals surface area contributed by atoms with Gasteiger partial charge in [-0.25, -0.2) is 0 Å². The van der Waals surface area contributed by atoms with Crippen LogP contribution in [0.1, 0.15) is 27.8 Å². The predicted molar refractivity (Wildman–Crippen MR) is 118 cm³/mol. The summed E-state index contributed by atoms with van der Waals surface area (Å²) < 4.78 is 2.16. The summed E-state index contributed by atoms with van der Waals surface area (Å²) in [5, 5.41) is 5.05. The molecule has 0 spiro atoms. The van der Waals surface area contributed by atoms with Crippen LogP contribution in [0.2, 0.25) is 0 Å². The van der Waals surface area contributed by atoms with Gasteiger partial charge >= 0.3 is 0 Å². The van der Waals surface area contributed by atoms with Crippen molar-refractivity contribution in [2.75, 3.05) is 0 Å². The van der Waals surface area contributed by atoms with E-state index in [1.807, 2.05) is 0 Å². The van der Waals surface area contributed by atoms with Crippen molar-refractivity contribution in [3.63, 3.8) is 0 Å². The lowest BCUT2D eigenvalue weighted by molar-refractivity contribution is 0.696. The molecule has 0 unspecified atom stereocenters. The van der Waals surface area contributed by atoms with Crippen LogP contribution in [0.4, 0.5) is 0 Å². The molecule has 0 aliphatic rings. The maximum absolute atomic E-state index is 5.05. The highest BCUT2D eigenvalue weighted by atomic mass is 15.3. The van der Waals surface area contributed by atoms with Crippen molar-refractivity contribution >= 4 is 0 Å². The molecule has 0 saturated heterocycles. The second kappa shape index (κ2) is 7.47. The molecule has 4 rings (SSSR count). The molecule has 0 radical (unpaired) electrons. The van der Waals surface area contributed by atoms with E-state index in [-0.39, 0.29) is 0 Å². The molecule has 0 N–H and O–H groups in total. The van der Waals surface area contributed by atoms with Crippen molar-refractivity contribution in [2.24, 2.45) is 0 Å². The molecule has 0 fully saturated rings. The van der Waals surface area contributed by atoms with Gasteiger partial charge < -0.3 is 0 Å². The lowest BCUT2D eigenvalue weighted by Crippen LogP contribution is -2.04. The SMILES string of the molecule is Cc1ccc(-c2nn(Cc3cccc(C)c3)c(-c3ccc(C)cc3)c2C)cc1. The number of hydrogen-bond donors (Lipinski definition) is 0. The number of aryl methyl sites for hydroxylation is 3. The van der Waals surface area contributed by atoms with Gasteiger partial charge in [0.1, 0.15) is 0 Å². The third-order valence-electron chi connectivity index (χ3n) is 5.25. The minimum absolute atomic E-state index is 0.761.